The Labute approximate surface area is 183 Å². The number of nitrogens with one attached hydrogen (secondary N) is 1. The molecule has 1 saturated heterocycles. The lowest BCUT2D eigenvalue weighted by Gasteiger charge is -2.21. The van der Waals surface area contributed by atoms with Crippen molar-refractivity contribution in [1.29, 1.82) is 0 Å². The van der Waals surface area contributed by atoms with Crippen molar-refractivity contribution in [2.24, 2.45) is 0 Å². The zero-order valence-corrected chi connectivity index (χ0v) is 17.3. The lowest BCUT2D eigenvalue weighted by atomic mass is 9.92. The summed E-state index contributed by atoms with van der Waals surface area (Å²) < 4.78 is 5.38. The van der Waals surface area contributed by atoms with Crippen molar-refractivity contribution in [3.05, 3.63) is 77.2 Å². The molecule has 0 saturated carbocycles. The number of fused-ring (bicyclic) bond motifs is 3. The highest BCUT2D eigenvalue weighted by atomic mass is 16.5. The molecular weight excluding hydrogens is 406 g/mol. The zero-order valence-electron chi connectivity index (χ0n) is 17.3. The number of nitrogens with zero attached hydrogens (tertiary/aromatic N) is 4. The molecule has 8 nitrogen and oxygen atoms in total. The van der Waals surface area contributed by atoms with E-state index in [2.05, 4.69) is 20.4 Å². The third-order valence-corrected chi connectivity index (χ3v) is 6.34. The second-order valence-corrected chi connectivity index (χ2v) is 8.24. The van der Waals surface area contributed by atoms with Gasteiger partial charge in [-0.05, 0) is 48.6 Å². The molecule has 1 atom stereocenters. The van der Waals surface area contributed by atoms with Gasteiger partial charge in [-0.15, -0.1) is 0 Å². The predicted molar refractivity (Wildman–Crippen MR) is 115 cm³/mol. The Hall–Kier alpha value is -4.07. The van der Waals surface area contributed by atoms with Crippen LogP contribution in [-0.4, -0.2) is 32.0 Å². The van der Waals surface area contributed by atoms with Gasteiger partial charge in [-0.1, -0.05) is 47.6 Å². The number of aromatic nitrogens is 3. The Balaban J connectivity index is 1.29. The van der Waals surface area contributed by atoms with Crippen LogP contribution in [0, 0.1) is 6.92 Å². The summed E-state index contributed by atoms with van der Waals surface area (Å²) in [4.78, 5) is 36.2. The number of pyridine rings is 1. The minimum atomic E-state index is -1.01. The van der Waals surface area contributed by atoms with Crippen LogP contribution < -0.4 is 5.32 Å². The fourth-order valence-corrected chi connectivity index (χ4v) is 4.76. The summed E-state index contributed by atoms with van der Waals surface area (Å²) in [6.07, 6.45) is 1.29. The van der Waals surface area contributed by atoms with E-state index in [1.165, 1.54) is 0 Å². The third-order valence-electron chi connectivity index (χ3n) is 6.34. The highest BCUT2D eigenvalue weighted by Gasteiger charge is 2.55. The molecular formula is C24H19N5O3. The van der Waals surface area contributed by atoms with Gasteiger partial charge in [0.25, 0.3) is 5.91 Å². The molecule has 4 aromatic rings. The van der Waals surface area contributed by atoms with Gasteiger partial charge in [-0.25, -0.2) is 9.78 Å². The number of carbonyl (C=O) groups excluding carboxylic acids is 2. The van der Waals surface area contributed by atoms with Crippen LogP contribution >= 0.6 is 0 Å². The third kappa shape index (κ3) is 2.65. The van der Waals surface area contributed by atoms with Gasteiger partial charge in [-0.3, -0.25) is 9.69 Å². The number of benzene rings is 2. The molecule has 158 valence electrons. The van der Waals surface area contributed by atoms with Gasteiger partial charge < -0.3 is 9.84 Å². The Morgan fingerprint density at radius 3 is 2.81 bits per heavy atom. The van der Waals surface area contributed by atoms with Crippen LogP contribution in [0.25, 0.3) is 22.4 Å². The fraction of sp³-hybridized carbons (Fsp3) is 0.208. The lowest BCUT2D eigenvalue weighted by molar-refractivity contribution is -0.132. The highest BCUT2D eigenvalue weighted by molar-refractivity contribution is 6.08. The molecule has 2 aliphatic rings. The first-order valence-corrected chi connectivity index (χ1v) is 10.5. The van der Waals surface area contributed by atoms with E-state index in [9.17, 15) is 9.59 Å². The maximum atomic E-state index is 13.3. The first-order chi connectivity index (χ1) is 15.5. The van der Waals surface area contributed by atoms with Gasteiger partial charge in [0.2, 0.25) is 11.7 Å². The minimum absolute atomic E-state index is 0.0891. The summed E-state index contributed by atoms with van der Waals surface area (Å²) >= 11 is 0. The van der Waals surface area contributed by atoms with Crippen molar-refractivity contribution in [3.8, 4) is 11.5 Å². The first kappa shape index (κ1) is 18.7. The molecule has 1 aliphatic heterocycles. The smallest absolute Gasteiger partial charge is 0.325 e. The molecule has 8 heteroatoms. The van der Waals surface area contributed by atoms with E-state index in [0.29, 0.717) is 17.9 Å². The number of carbonyl (C=O) groups is 2. The summed E-state index contributed by atoms with van der Waals surface area (Å²) in [5.74, 6) is 0.216. The number of aryl methyl sites for hydroxylation is 2. The van der Waals surface area contributed by atoms with Crippen LogP contribution in [0.3, 0.4) is 0 Å². The molecule has 3 heterocycles. The number of rotatable bonds is 3. The number of hydrogen-bond acceptors (Lipinski definition) is 6. The van der Waals surface area contributed by atoms with Crippen LogP contribution in [0.5, 0.6) is 0 Å². The maximum absolute atomic E-state index is 13.3. The SMILES string of the molecule is Cc1cc(-c2noc(CN3C(=O)NC4(CCc5ccccc54)C3=O)n2)nc2ccccc12. The van der Waals surface area contributed by atoms with Crippen molar-refractivity contribution >= 4 is 22.8 Å². The Kier molecular flexibility index (Phi) is 3.92. The molecule has 1 N–H and O–H groups in total. The van der Waals surface area contributed by atoms with Crippen LogP contribution in [0.1, 0.15) is 29.0 Å². The van der Waals surface area contributed by atoms with E-state index in [4.69, 9.17) is 4.52 Å². The number of amides is 3. The van der Waals surface area contributed by atoms with Crippen LogP contribution in [-0.2, 0) is 23.3 Å². The van der Waals surface area contributed by atoms with Crippen molar-refractivity contribution in [2.75, 3.05) is 0 Å². The number of urea groups is 1. The van der Waals surface area contributed by atoms with Crippen molar-refractivity contribution < 1.29 is 14.1 Å². The van der Waals surface area contributed by atoms with Crippen LogP contribution in [0.2, 0.25) is 0 Å². The van der Waals surface area contributed by atoms with E-state index in [-0.39, 0.29) is 18.3 Å². The van der Waals surface area contributed by atoms with Crippen molar-refractivity contribution in [3.63, 3.8) is 0 Å². The highest BCUT2D eigenvalue weighted by Crippen LogP contribution is 2.41. The molecule has 0 radical (unpaired) electrons. The Morgan fingerprint density at radius 2 is 1.91 bits per heavy atom. The van der Waals surface area contributed by atoms with Crippen LogP contribution in [0.4, 0.5) is 4.79 Å². The quantitative estimate of drug-likeness (QED) is 0.504. The molecule has 6 rings (SSSR count). The number of hydrogen-bond donors (Lipinski definition) is 1. The summed E-state index contributed by atoms with van der Waals surface area (Å²) in [6, 6.07) is 17.0. The molecule has 2 aromatic heterocycles. The second-order valence-electron chi connectivity index (χ2n) is 8.24. The number of imide groups is 1. The molecule has 32 heavy (non-hydrogen) atoms. The molecule has 1 unspecified atom stereocenters. The molecule has 2 aromatic carbocycles. The average molecular weight is 425 g/mol. The van der Waals surface area contributed by atoms with Gasteiger partial charge in [-0.2, -0.15) is 4.98 Å². The second kappa shape index (κ2) is 6.71. The Bertz CT molecular complexity index is 1410. The summed E-state index contributed by atoms with van der Waals surface area (Å²) in [6.45, 7) is 1.91. The van der Waals surface area contributed by atoms with Gasteiger partial charge in [0.05, 0.1) is 5.52 Å². The zero-order chi connectivity index (χ0) is 21.9. The molecule has 1 spiro atoms. The largest absolute Gasteiger partial charge is 0.337 e. The summed E-state index contributed by atoms with van der Waals surface area (Å²) in [5.41, 5.74) is 3.41. The van der Waals surface area contributed by atoms with Gasteiger partial charge in [0.15, 0.2) is 0 Å². The van der Waals surface area contributed by atoms with E-state index in [1.807, 2.05) is 61.5 Å². The number of para-hydroxylation sites is 1. The molecule has 1 fully saturated rings. The van der Waals surface area contributed by atoms with E-state index in [0.717, 1.165) is 38.9 Å². The maximum Gasteiger partial charge on any atom is 0.325 e. The summed E-state index contributed by atoms with van der Waals surface area (Å²) in [5, 5.41) is 8.00. The Morgan fingerprint density at radius 1 is 1.09 bits per heavy atom. The lowest BCUT2D eigenvalue weighted by Crippen LogP contribution is -2.41. The molecule has 3 amide bonds. The predicted octanol–water partition coefficient (Wildman–Crippen LogP) is 3.49. The van der Waals surface area contributed by atoms with Gasteiger partial charge in [0.1, 0.15) is 17.8 Å². The normalized spacial score (nSPS) is 19.7. The summed E-state index contributed by atoms with van der Waals surface area (Å²) in [7, 11) is 0. The standard InChI is InChI=1S/C24H19N5O3/c1-14-12-19(25-18-9-5-3-7-16(14)18)21-26-20(32-28-21)13-29-22(30)24(27-23(29)31)11-10-15-6-2-4-8-17(15)24/h2-9,12H,10-11,13H2,1H3,(H,27,31). The van der Waals surface area contributed by atoms with Crippen molar-refractivity contribution in [1.82, 2.24) is 25.3 Å². The first-order valence-electron chi connectivity index (χ1n) is 10.5. The van der Waals surface area contributed by atoms with Crippen LogP contribution in [0.15, 0.2) is 59.1 Å². The minimum Gasteiger partial charge on any atom is -0.337 e. The topological polar surface area (TPSA) is 101 Å². The van der Waals surface area contributed by atoms with E-state index in [1.54, 1.807) is 0 Å². The van der Waals surface area contributed by atoms with E-state index >= 15 is 0 Å². The average Bonchev–Trinajstić information content (AvgIpc) is 3.48. The molecule has 1 aliphatic carbocycles. The molecule has 0 bridgehead atoms. The fourth-order valence-electron chi connectivity index (χ4n) is 4.76. The van der Waals surface area contributed by atoms with Gasteiger partial charge in [0, 0.05) is 5.39 Å². The van der Waals surface area contributed by atoms with E-state index < -0.39 is 11.6 Å². The van der Waals surface area contributed by atoms with Crippen molar-refractivity contribution in [2.45, 2.75) is 31.8 Å². The van der Waals surface area contributed by atoms with Gasteiger partial charge >= 0.3 is 6.03 Å². The monoisotopic (exact) mass is 425 g/mol.